The number of Topliss-reactive ketones (excluding diaryl/α,β-unsaturated/α-hetero) is 1. The Morgan fingerprint density at radius 3 is 2.36 bits per heavy atom. The second-order valence-electron chi connectivity index (χ2n) is 4.13. The second kappa shape index (κ2) is 8.98. The normalized spacial score (nSPS) is 11.4. The Morgan fingerprint density at radius 1 is 1.14 bits per heavy atom. The van der Waals surface area contributed by atoms with Gasteiger partial charge in [-0.1, -0.05) is 39.3 Å². The molecule has 1 heteroatoms. The van der Waals surface area contributed by atoms with Crippen LogP contribution in [0, 0.1) is 5.92 Å². The lowest BCUT2D eigenvalue weighted by Crippen LogP contribution is -2.05. The van der Waals surface area contributed by atoms with Crippen molar-refractivity contribution in [1.82, 2.24) is 0 Å². The van der Waals surface area contributed by atoms with Gasteiger partial charge in [-0.3, -0.25) is 4.79 Å². The first-order valence-corrected chi connectivity index (χ1v) is 5.86. The summed E-state index contributed by atoms with van der Waals surface area (Å²) in [7, 11) is 0. The zero-order chi connectivity index (χ0) is 10.8. The maximum absolute atomic E-state index is 11.3. The Bertz CT molecular complexity index is 168. The summed E-state index contributed by atoms with van der Waals surface area (Å²) in [5, 5.41) is 0. The second-order valence-corrected chi connectivity index (χ2v) is 4.13. The van der Waals surface area contributed by atoms with E-state index in [1.165, 1.54) is 12.8 Å². The van der Waals surface area contributed by atoms with Crippen LogP contribution in [-0.4, -0.2) is 5.78 Å². The molecule has 14 heavy (non-hydrogen) atoms. The molecule has 0 aliphatic carbocycles. The first-order chi connectivity index (χ1) is 6.68. The molecule has 0 aliphatic heterocycles. The minimum atomic E-state index is 0.214. The van der Waals surface area contributed by atoms with Crippen LogP contribution in [-0.2, 0) is 4.79 Å². The molecule has 0 aromatic carbocycles. The van der Waals surface area contributed by atoms with Gasteiger partial charge in [0.25, 0.3) is 0 Å². The molecule has 0 rings (SSSR count). The van der Waals surface area contributed by atoms with Gasteiger partial charge in [0.15, 0.2) is 0 Å². The van der Waals surface area contributed by atoms with Crippen molar-refractivity contribution in [2.45, 2.75) is 59.3 Å². The first kappa shape index (κ1) is 13.4. The maximum Gasteiger partial charge on any atom is 0.135 e. The van der Waals surface area contributed by atoms with E-state index in [1.54, 1.807) is 0 Å². The van der Waals surface area contributed by atoms with Crippen LogP contribution in [0.15, 0.2) is 12.2 Å². The van der Waals surface area contributed by atoms with Gasteiger partial charge in [0.1, 0.15) is 5.78 Å². The SMILES string of the molecule is CCC/C=C\CCCCC(=O)C(C)C. The average molecular weight is 196 g/mol. The lowest BCUT2D eigenvalue weighted by molar-refractivity contribution is -0.122. The summed E-state index contributed by atoms with van der Waals surface area (Å²) in [6.45, 7) is 6.14. The van der Waals surface area contributed by atoms with Crippen molar-refractivity contribution in [2.24, 2.45) is 5.92 Å². The Balaban J connectivity index is 3.25. The number of hydrogen-bond donors (Lipinski definition) is 0. The van der Waals surface area contributed by atoms with Crippen LogP contribution in [0.2, 0.25) is 0 Å². The lowest BCUT2D eigenvalue weighted by Gasteiger charge is -2.02. The monoisotopic (exact) mass is 196 g/mol. The molecule has 0 unspecified atom stereocenters. The summed E-state index contributed by atoms with van der Waals surface area (Å²) in [5.41, 5.74) is 0. The summed E-state index contributed by atoms with van der Waals surface area (Å²) >= 11 is 0. The fourth-order valence-electron chi connectivity index (χ4n) is 1.25. The van der Waals surface area contributed by atoms with Crippen LogP contribution in [0.1, 0.15) is 59.3 Å². The number of unbranched alkanes of at least 4 members (excludes halogenated alkanes) is 3. The minimum absolute atomic E-state index is 0.214. The van der Waals surface area contributed by atoms with Gasteiger partial charge in [-0.15, -0.1) is 0 Å². The van der Waals surface area contributed by atoms with Crippen molar-refractivity contribution in [3.8, 4) is 0 Å². The molecule has 0 bridgehead atoms. The van der Waals surface area contributed by atoms with Gasteiger partial charge >= 0.3 is 0 Å². The summed E-state index contributed by atoms with van der Waals surface area (Å²) in [4.78, 5) is 11.3. The van der Waals surface area contributed by atoms with Crippen molar-refractivity contribution in [2.75, 3.05) is 0 Å². The molecular weight excluding hydrogens is 172 g/mol. The van der Waals surface area contributed by atoms with Crippen molar-refractivity contribution in [3.05, 3.63) is 12.2 Å². The van der Waals surface area contributed by atoms with E-state index in [2.05, 4.69) is 19.1 Å². The van der Waals surface area contributed by atoms with Crippen molar-refractivity contribution >= 4 is 5.78 Å². The summed E-state index contributed by atoms with van der Waals surface area (Å²) in [5.74, 6) is 0.619. The van der Waals surface area contributed by atoms with Crippen LogP contribution < -0.4 is 0 Å². The molecule has 0 atom stereocenters. The van der Waals surface area contributed by atoms with Gasteiger partial charge in [0, 0.05) is 12.3 Å². The highest BCUT2D eigenvalue weighted by Gasteiger charge is 2.05. The maximum atomic E-state index is 11.3. The standard InChI is InChI=1S/C13H24O/c1-4-5-6-7-8-9-10-11-13(14)12(2)3/h6-7,12H,4-5,8-11H2,1-3H3/b7-6-. The van der Waals surface area contributed by atoms with Crippen molar-refractivity contribution < 1.29 is 4.79 Å². The smallest absolute Gasteiger partial charge is 0.135 e. The number of allylic oxidation sites excluding steroid dienone is 2. The molecule has 0 aromatic rings. The van der Waals surface area contributed by atoms with Gasteiger partial charge in [0.05, 0.1) is 0 Å². The molecule has 0 aliphatic rings. The van der Waals surface area contributed by atoms with Crippen LogP contribution in [0.3, 0.4) is 0 Å². The van der Waals surface area contributed by atoms with E-state index in [-0.39, 0.29) is 5.92 Å². The molecular formula is C13H24O. The summed E-state index contributed by atoms with van der Waals surface area (Å²) in [6, 6.07) is 0. The zero-order valence-corrected chi connectivity index (χ0v) is 9.88. The number of hydrogen-bond acceptors (Lipinski definition) is 1. The molecule has 0 saturated heterocycles. The van der Waals surface area contributed by atoms with E-state index in [1.807, 2.05) is 13.8 Å². The van der Waals surface area contributed by atoms with Gasteiger partial charge in [-0.2, -0.15) is 0 Å². The van der Waals surface area contributed by atoms with Gasteiger partial charge in [-0.05, 0) is 25.7 Å². The number of rotatable bonds is 8. The van der Waals surface area contributed by atoms with Crippen LogP contribution in [0.25, 0.3) is 0 Å². The number of ketones is 1. The lowest BCUT2D eigenvalue weighted by atomic mass is 10.0. The van der Waals surface area contributed by atoms with E-state index < -0.39 is 0 Å². The molecule has 0 radical (unpaired) electrons. The van der Waals surface area contributed by atoms with Gasteiger partial charge < -0.3 is 0 Å². The van der Waals surface area contributed by atoms with E-state index in [4.69, 9.17) is 0 Å². The third-order valence-corrected chi connectivity index (χ3v) is 2.31. The third-order valence-electron chi connectivity index (χ3n) is 2.31. The quantitative estimate of drug-likeness (QED) is 0.421. The fourth-order valence-corrected chi connectivity index (χ4v) is 1.25. The molecule has 0 spiro atoms. The van der Waals surface area contributed by atoms with Crippen LogP contribution in [0.5, 0.6) is 0 Å². The molecule has 0 heterocycles. The molecule has 0 aromatic heterocycles. The Kier molecular flexibility index (Phi) is 8.61. The molecule has 0 saturated carbocycles. The predicted molar refractivity (Wildman–Crippen MR) is 62.4 cm³/mol. The van der Waals surface area contributed by atoms with E-state index >= 15 is 0 Å². The fraction of sp³-hybridized carbons (Fsp3) is 0.769. The highest BCUT2D eigenvalue weighted by Crippen LogP contribution is 2.06. The minimum Gasteiger partial charge on any atom is -0.299 e. The predicted octanol–water partition coefficient (Wildman–Crippen LogP) is 4.13. The average Bonchev–Trinajstić information content (AvgIpc) is 2.16. The number of carbonyl (C=O) groups excluding carboxylic acids is 1. The van der Waals surface area contributed by atoms with E-state index in [9.17, 15) is 4.79 Å². The number of carbonyl (C=O) groups is 1. The highest BCUT2D eigenvalue weighted by atomic mass is 16.1. The summed E-state index contributed by atoms with van der Waals surface area (Å²) < 4.78 is 0. The molecule has 1 nitrogen and oxygen atoms in total. The molecule has 0 amide bonds. The topological polar surface area (TPSA) is 17.1 Å². The van der Waals surface area contributed by atoms with Crippen LogP contribution >= 0.6 is 0 Å². The van der Waals surface area contributed by atoms with Gasteiger partial charge in [-0.25, -0.2) is 0 Å². The van der Waals surface area contributed by atoms with E-state index in [0.717, 1.165) is 25.7 Å². The van der Waals surface area contributed by atoms with Gasteiger partial charge in [0.2, 0.25) is 0 Å². The Morgan fingerprint density at radius 2 is 1.79 bits per heavy atom. The molecule has 82 valence electrons. The first-order valence-electron chi connectivity index (χ1n) is 5.86. The molecule has 0 fully saturated rings. The Hall–Kier alpha value is -0.590. The zero-order valence-electron chi connectivity index (χ0n) is 9.88. The van der Waals surface area contributed by atoms with Crippen LogP contribution in [0.4, 0.5) is 0 Å². The van der Waals surface area contributed by atoms with E-state index in [0.29, 0.717) is 5.78 Å². The van der Waals surface area contributed by atoms with Crippen molar-refractivity contribution in [3.63, 3.8) is 0 Å². The third kappa shape index (κ3) is 8.03. The highest BCUT2D eigenvalue weighted by molar-refractivity contribution is 5.80. The van der Waals surface area contributed by atoms with Crippen molar-refractivity contribution in [1.29, 1.82) is 0 Å². The molecule has 0 N–H and O–H groups in total. The summed E-state index contributed by atoms with van der Waals surface area (Å²) in [6.07, 6.45) is 11.0. The largest absolute Gasteiger partial charge is 0.299 e. The Labute approximate surface area is 88.6 Å².